The third kappa shape index (κ3) is 3.99. The number of halogens is 2. The summed E-state index contributed by atoms with van der Waals surface area (Å²) >= 11 is 6.07. The predicted octanol–water partition coefficient (Wildman–Crippen LogP) is 5.47. The molecular weight excluding hydrogens is 415 g/mol. The molecule has 7 heteroatoms. The van der Waals surface area contributed by atoms with Gasteiger partial charge < -0.3 is 4.90 Å². The zero-order valence-electron chi connectivity index (χ0n) is 17.5. The summed E-state index contributed by atoms with van der Waals surface area (Å²) in [4.78, 5) is 16.2. The van der Waals surface area contributed by atoms with E-state index in [9.17, 15) is 9.18 Å². The van der Waals surface area contributed by atoms with Gasteiger partial charge in [-0.15, -0.1) is 5.10 Å². The minimum Gasteiger partial charge on any atom is -0.378 e. The molecule has 0 aromatic heterocycles. The second-order valence-corrected chi connectivity index (χ2v) is 7.92. The molecule has 0 fully saturated rings. The van der Waals surface area contributed by atoms with E-state index in [1.807, 2.05) is 55.4 Å². The Hall–Kier alpha value is -3.38. The lowest BCUT2D eigenvalue weighted by molar-refractivity contribution is -0.111. The Morgan fingerprint density at radius 2 is 1.65 bits per heavy atom. The van der Waals surface area contributed by atoms with Gasteiger partial charge in [-0.05, 0) is 54.1 Å². The fourth-order valence-electron chi connectivity index (χ4n) is 3.59. The van der Waals surface area contributed by atoms with Crippen molar-refractivity contribution in [3.8, 4) is 0 Å². The Balaban J connectivity index is 1.89. The second-order valence-electron chi connectivity index (χ2n) is 7.48. The highest BCUT2D eigenvalue weighted by molar-refractivity contribution is 6.44. The van der Waals surface area contributed by atoms with Crippen LogP contribution in [0.2, 0.25) is 5.02 Å². The maximum absolute atomic E-state index is 14.9. The summed E-state index contributed by atoms with van der Waals surface area (Å²) < 4.78 is 14.9. The molecule has 0 amide bonds. The molecular formula is C24H22ClFN4O. The van der Waals surface area contributed by atoms with Crippen LogP contribution >= 0.6 is 11.6 Å². The van der Waals surface area contributed by atoms with Crippen molar-refractivity contribution in [3.05, 3.63) is 89.2 Å². The zero-order chi connectivity index (χ0) is 22.1. The first-order valence-electron chi connectivity index (χ1n) is 9.82. The molecule has 0 N–H and O–H groups in total. The molecule has 158 valence electrons. The molecule has 0 bridgehead atoms. The van der Waals surface area contributed by atoms with Crippen LogP contribution in [0.3, 0.4) is 0 Å². The summed E-state index contributed by atoms with van der Waals surface area (Å²) in [5, 5.41) is 6.93. The number of Topliss-reactive ketones (excluding diaryl/α,β-unsaturated/α-hetero) is 1. The van der Waals surface area contributed by atoms with Crippen molar-refractivity contribution < 1.29 is 9.18 Å². The van der Waals surface area contributed by atoms with Crippen LogP contribution in [-0.4, -0.2) is 25.7 Å². The minimum absolute atomic E-state index is 0.168. The van der Waals surface area contributed by atoms with Gasteiger partial charge in [-0.1, -0.05) is 35.9 Å². The molecule has 0 spiro atoms. The van der Waals surface area contributed by atoms with Gasteiger partial charge in [-0.2, -0.15) is 0 Å². The summed E-state index contributed by atoms with van der Waals surface area (Å²) in [6, 6.07) is 21.5. The third-order valence-electron chi connectivity index (χ3n) is 5.13. The number of hydrogen-bond acceptors (Lipinski definition) is 5. The van der Waals surface area contributed by atoms with E-state index in [0.29, 0.717) is 5.02 Å². The second kappa shape index (κ2) is 8.40. The van der Waals surface area contributed by atoms with E-state index in [0.717, 1.165) is 16.9 Å². The van der Waals surface area contributed by atoms with Crippen molar-refractivity contribution >= 4 is 40.3 Å². The van der Waals surface area contributed by atoms with E-state index in [4.69, 9.17) is 11.6 Å². The molecule has 1 aliphatic heterocycles. The fourth-order valence-corrected chi connectivity index (χ4v) is 3.72. The normalized spacial score (nSPS) is 15.8. The monoisotopic (exact) mass is 436 g/mol. The number of para-hydroxylation sites is 1. The number of nitrogens with zero attached hydrogens (tertiary/aromatic N) is 4. The first kappa shape index (κ1) is 20.9. The number of ketones is 1. The smallest absolute Gasteiger partial charge is 0.198 e. The number of hydrogen-bond donors (Lipinski definition) is 0. The predicted molar refractivity (Wildman–Crippen MR) is 124 cm³/mol. The fraction of sp³-hybridized carbons (Fsp3) is 0.167. The SMILES string of the molecule is CC(=O)C1=NN(c2ccc(Cl)cc2)[C@H](c2ccc(N(C)C)cc2)N1c1ccccc1F. The molecule has 0 radical (unpaired) electrons. The van der Waals surface area contributed by atoms with Crippen molar-refractivity contribution in [2.75, 3.05) is 28.9 Å². The van der Waals surface area contributed by atoms with E-state index in [1.54, 1.807) is 40.2 Å². The van der Waals surface area contributed by atoms with E-state index < -0.39 is 12.0 Å². The molecule has 0 unspecified atom stereocenters. The van der Waals surface area contributed by atoms with Crippen LogP contribution in [-0.2, 0) is 4.79 Å². The first-order valence-corrected chi connectivity index (χ1v) is 10.2. The summed E-state index contributed by atoms with van der Waals surface area (Å²) in [6.45, 7) is 1.43. The topological polar surface area (TPSA) is 39.2 Å². The van der Waals surface area contributed by atoms with Gasteiger partial charge in [0, 0.05) is 31.7 Å². The van der Waals surface area contributed by atoms with E-state index >= 15 is 0 Å². The summed E-state index contributed by atoms with van der Waals surface area (Å²) in [5.41, 5.74) is 2.92. The average Bonchev–Trinajstić information content (AvgIpc) is 3.15. The van der Waals surface area contributed by atoms with Crippen LogP contribution in [0.5, 0.6) is 0 Å². The molecule has 5 nitrogen and oxygen atoms in total. The molecule has 1 atom stereocenters. The van der Waals surface area contributed by atoms with Gasteiger partial charge in [-0.3, -0.25) is 9.69 Å². The Kier molecular flexibility index (Phi) is 5.65. The standard InChI is InChI=1S/C24H22ClFN4O/c1-16(31)23-27-30(20-14-10-18(25)11-15-20)24(17-8-12-19(13-9-17)28(2)3)29(23)22-7-5-4-6-21(22)26/h4-15,24H,1-3H3/t24-/m1/s1. The van der Waals surface area contributed by atoms with Gasteiger partial charge >= 0.3 is 0 Å². The van der Waals surface area contributed by atoms with Crippen molar-refractivity contribution in [2.45, 2.75) is 13.1 Å². The lowest BCUT2D eigenvalue weighted by atomic mass is 10.1. The zero-order valence-corrected chi connectivity index (χ0v) is 18.2. The highest BCUT2D eigenvalue weighted by atomic mass is 35.5. The first-order chi connectivity index (χ1) is 14.9. The Bertz CT molecular complexity index is 1130. The van der Waals surface area contributed by atoms with Gasteiger partial charge in [0.2, 0.25) is 0 Å². The summed E-state index contributed by atoms with van der Waals surface area (Å²) in [7, 11) is 3.93. The van der Waals surface area contributed by atoms with Crippen LogP contribution in [0.4, 0.5) is 21.5 Å². The quantitative estimate of drug-likeness (QED) is 0.531. The maximum atomic E-state index is 14.9. The Labute approximate surface area is 186 Å². The molecule has 31 heavy (non-hydrogen) atoms. The molecule has 4 rings (SSSR count). The van der Waals surface area contributed by atoms with Gasteiger partial charge in [0.15, 0.2) is 17.8 Å². The number of carbonyl (C=O) groups is 1. The molecule has 1 aliphatic rings. The van der Waals surface area contributed by atoms with Crippen molar-refractivity contribution in [3.63, 3.8) is 0 Å². The molecule has 0 aliphatic carbocycles. The largest absolute Gasteiger partial charge is 0.378 e. The molecule has 1 heterocycles. The van der Waals surface area contributed by atoms with E-state index in [1.165, 1.54) is 13.0 Å². The summed E-state index contributed by atoms with van der Waals surface area (Å²) in [5.74, 6) is -0.513. The van der Waals surface area contributed by atoms with Crippen molar-refractivity contribution in [1.29, 1.82) is 0 Å². The van der Waals surface area contributed by atoms with Gasteiger partial charge in [0.1, 0.15) is 5.82 Å². The highest BCUT2D eigenvalue weighted by Gasteiger charge is 2.40. The number of hydrazone groups is 1. The number of rotatable bonds is 5. The van der Waals surface area contributed by atoms with Gasteiger partial charge in [0.25, 0.3) is 0 Å². The number of anilines is 3. The minimum atomic E-state index is -0.548. The van der Waals surface area contributed by atoms with Gasteiger partial charge in [-0.25, -0.2) is 9.40 Å². The van der Waals surface area contributed by atoms with Crippen LogP contribution in [0.25, 0.3) is 0 Å². The maximum Gasteiger partial charge on any atom is 0.198 e. The number of carbonyl (C=O) groups excluding carboxylic acids is 1. The molecule has 3 aromatic carbocycles. The van der Waals surface area contributed by atoms with Crippen LogP contribution in [0.1, 0.15) is 18.7 Å². The average molecular weight is 437 g/mol. The third-order valence-corrected chi connectivity index (χ3v) is 5.38. The van der Waals surface area contributed by atoms with Crippen LogP contribution < -0.4 is 14.8 Å². The van der Waals surface area contributed by atoms with Crippen LogP contribution in [0, 0.1) is 5.82 Å². The van der Waals surface area contributed by atoms with Crippen molar-refractivity contribution in [2.24, 2.45) is 5.10 Å². The molecule has 0 saturated heterocycles. The molecule has 3 aromatic rings. The highest BCUT2D eigenvalue weighted by Crippen LogP contribution is 2.40. The molecule has 0 saturated carbocycles. The Morgan fingerprint density at radius 3 is 2.23 bits per heavy atom. The number of amidine groups is 1. The number of benzene rings is 3. The van der Waals surface area contributed by atoms with Gasteiger partial charge in [0.05, 0.1) is 11.4 Å². The van der Waals surface area contributed by atoms with Crippen molar-refractivity contribution in [1.82, 2.24) is 0 Å². The lowest BCUT2D eigenvalue weighted by Gasteiger charge is -2.32. The summed E-state index contributed by atoms with van der Waals surface area (Å²) in [6.07, 6.45) is -0.548. The lowest BCUT2D eigenvalue weighted by Crippen LogP contribution is -2.38. The van der Waals surface area contributed by atoms with E-state index in [-0.39, 0.29) is 17.3 Å². The van der Waals surface area contributed by atoms with E-state index in [2.05, 4.69) is 5.10 Å². The van der Waals surface area contributed by atoms with Crippen LogP contribution in [0.15, 0.2) is 77.9 Å². The Morgan fingerprint density at radius 1 is 1.00 bits per heavy atom.